The average Bonchev–Trinajstić information content (AvgIpc) is 3.51. The first-order valence-electron chi connectivity index (χ1n) is 16.0. The summed E-state index contributed by atoms with van der Waals surface area (Å²) < 4.78 is 6.65. The third-order valence-corrected chi connectivity index (χ3v) is 9.13. The van der Waals surface area contributed by atoms with E-state index in [1.54, 1.807) is 0 Å². The summed E-state index contributed by atoms with van der Waals surface area (Å²) in [5, 5.41) is 12.2. The standard InChI is InChI=1S/C43H31N3O/c1-4-12-28(13-5-1)30-20-22-32(23-21-30)42-44-41(31-16-8-3-9-17-31)45-43(46-42)37-25-35(29-14-6-2-7-15-29)27-39-40(37)36-24-33-18-10-11-19-34(33)26-38(36)47-39/h1-27,41,43,45H,(H,44,46). The van der Waals surface area contributed by atoms with Crippen LogP contribution in [-0.4, -0.2) is 5.84 Å². The highest BCUT2D eigenvalue weighted by Crippen LogP contribution is 2.40. The van der Waals surface area contributed by atoms with Gasteiger partial charge in [0.05, 0.1) is 0 Å². The lowest BCUT2D eigenvalue weighted by atomic mass is 9.95. The molecule has 7 aromatic carbocycles. The average molecular weight is 606 g/mol. The number of hydrogen-bond donors (Lipinski definition) is 2. The quantitative estimate of drug-likeness (QED) is 0.205. The molecule has 2 heterocycles. The molecule has 0 saturated carbocycles. The lowest BCUT2D eigenvalue weighted by Crippen LogP contribution is -2.45. The zero-order valence-electron chi connectivity index (χ0n) is 25.6. The predicted molar refractivity (Wildman–Crippen MR) is 193 cm³/mol. The number of nitrogens with zero attached hydrogens (tertiary/aromatic N) is 1. The Kier molecular flexibility index (Phi) is 6.65. The largest absolute Gasteiger partial charge is 0.456 e. The Morgan fingerprint density at radius 3 is 1.77 bits per heavy atom. The zero-order valence-corrected chi connectivity index (χ0v) is 25.6. The topological polar surface area (TPSA) is 49.6 Å². The Morgan fingerprint density at radius 2 is 1.06 bits per heavy atom. The minimum Gasteiger partial charge on any atom is -0.456 e. The van der Waals surface area contributed by atoms with Crippen molar-refractivity contribution in [3.05, 3.63) is 180 Å². The van der Waals surface area contributed by atoms with E-state index in [4.69, 9.17) is 9.41 Å². The second kappa shape index (κ2) is 11.4. The molecule has 0 amide bonds. The number of rotatable bonds is 5. The van der Waals surface area contributed by atoms with Gasteiger partial charge in [0.25, 0.3) is 0 Å². The molecule has 0 spiro atoms. The molecule has 1 aromatic heterocycles. The van der Waals surface area contributed by atoms with E-state index in [2.05, 4.69) is 162 Å². The van der Waals surface area contributed by atoms with Gasteiger partial charge in [0.2, 0.25) is 0 Å². The second-order valence-corrected chi connectivity index (χ2v) is 12.1. The summed E-state index contributed by atoms with van der Waals surface area (Å²) in [6.45, 7) is 0. The van der Waals surface area contributed by atoms with Crippen LogP contribution in [0.2, 0.25) is 0 Å². The number of aliphatic imine (C=N–C) groups is 1. The van der Waals surface area contributed by atoms with Crippen molar-refractivity contribution in [1.29, 1.82) is 0 Å². The van der Waals surface area contributed by atoms with E-state index in [0.29, 0.717) is 0 Å². The Balaban J connectivity index is 1.22. The third-order valence-electron chi connectivity index (χ3n) is 9.13. The highest BCUT2D eigenvalue weighted by atomic mass is 16.3. The molecule has 2 unspecified atom stereocenters. The maximum atomic E-state index is 6.65. The first kappa shape index (κ1) is 27.3. The molecule has 0 bridgehead atoms. The Morgan fingerprint density at radius 1 is 0.489 bits per heavy atom. The minimum atomic E-state index is -0.250. The van der Waals surface area contributed by atoms with Gasteiger partial charge < -0.3 is 9.73 Å². The fraction of sp³-hybridized carbons (Fsp3) is 0.0465. The van der Waals surface area contributed by atoms with Gasteiger partial charge in [-0.3, -0.25) is 5.32 Å². The van der Waals surface area contributed by atoms with Gasteiger partial charge in [0.1, 0.15) is 29.3 Å². The van der Waals surface area contributed by atoms with Gasteiger partial charge in [-0.25, -0.2) is 4.99 Å². The van der Waals surface area contributed by atoms with Crippen molar-refractivity contribution in [2.24, 2.45) is 4.99 Å². The molecular formula is C43H31N3O. The van der Waals surface area contributed by atoms with E-state index in [9.17, 15) is 0 Å². The molecule has 9 rings (SSSR count). The van der Waals surface area contributed by atoms with Gasteiger partial charge in [-0.15, -0.1) is 0 Å². The van der Waals surface area contributed by atoms with E-state index in [1.807, 2.05) is 12.1 Å². The van der Waals surface area contributed by atoms with Crippen LogP contribution in [-0.2, 0) is 0 Å². The summed E-state index contributed by atoms with van der Waals surface area (Å²) in [6, 6.07) is 57.5. The van der Waals surface area contributed by atoms with Crippen LogP contribution in [0.1, 0.15) is 29.0 Å². The number of nitrogens with one attached hydrogen (secondary N) is 2. The van der Waals surface area contributed by atoms with Crippen LogP contribution >= 0.6 is 0 Å². The fourth-order valence-corrected chi connectivity index (χ4v) is 6.77. The van der Waals surface area contributed by atoms with E-state index in [-0.39, 0.29) is 12.3 Å². The first-order valence-corrected chi connectivity index (χ1v) is 16.0. The summed E-state index contributed by atoms with van der Waals surface area (Å²) in [5.41, 5.74) is 9.62. The molecule has 0 fully saturated rings. The summed E-state index contributed by atoms with van der Waals surface area (Å²) >= 11 is 0. The fourth-order valence-electron chi connectivity index (χ4n) is 6.77. The normalized spacial score (nSPS) is 16.3. The van der Waals surface area contributed by atoms with Crippen LogP contribution < -0.4 is 10.6 Å². The number of fused-ring (bicyclic) bond motifs is 4. The van der Waals surface area contributed by atoms with Gasteiger partial charge in [-0.2, -0.15) is 0 Å². The maximum absolute atomic E-state index is 6.65. The molecule has 1 aliphatic heterocycles. The molecule has 2 N–H and O–H groups in total. The SMILES string of the molecule is c1ccc(-c2ccc(C3=NC(c4ccccc4)NC(c4cc(-c5ccccc5)cc5oc6cc7ccccc7cc6c45)N3)cc2)cc1. The van der Waals surface area contributed by atoms with Crippen molar-refractivity contribution < 1.29 is 4.42 Å². The van der Waals surface area contributed by atoms with Gasteiger partial charge in [-0.05, 0) is 62.9 Å². The second-order valence-electron chi connectivity index (χ2n) is 12.1. The summed E-state index contributed by atoms with van der Waals surface area (Å²) in [6.07, 6.45) is -0.499. The van der Waals surface area contributed by atoms with Crippen molar-refractivity contribution in [3.8, 4) is 22.3 Å². The van der Waals surface area contributed by atoms with Gasteiger partial charge in [-0.1, -0.05) is 140 Å². The van der Waals surface area contributed by atoms with Crippen molar-refractivity contribution in [2.75, 3.05) is 0 Å². The smallest absolute Gasteiger partial charge is 0.136 e. The van der Waals surface area contributed by atoms with E-state index in [0.717, 1.165) is 61.0 Å². The first-order chi connectivity index (χ1) is 23.3. The Bertz CT molecular complexity index is 2400. The summed E-state index contributed by atoms with van der Waals surface area (Å²) in [7, 11) is 0. The van der Waals surface area contributed by atoms with Crippen LogP contribution in [0.4, 0.5) is 0 Å². The lowest BCUT2D eigenvalue weighted by molar-refractivity contribution is 0.411. The molecule has 4 heteroatoms. The highest BCUT2D eigenvalue weighted by molar-refractivity contribution is 6.12. The monoisotopic (exact) mass is 605 g/mol. The van der Waals surface area contributed by atoms with Gasteiger partial charge >= 0.3 is 0 Å². The zero-order chi connectivity index (χ0) is 31.2. The maximum Gasteiger partial charge on any atom is 0.136 e. The predicted octanol–water partition coefficient (Wildman–Crippen LogP) is 10.4. The van der Waals surface area contributed by atoms with Crippen molar-refractivity contribution in [1.82, 2.24) is 10.6 Å². The molecule has 0 saturated heterocycles. The Hall–Kier alpha value is -5.97. The molecule has 224 valence electrons. The third kappa shape index (κ3) is 5.05. The van der Waals surface area contributed by atoms with Crippen molar-refractivity contribution in [2.45, 2.75) is 12.3 Å². The van der Waals surface area contributed by atoms with E-state index >= 15 is 0 Å². The molecule has 0 radical (unpaired) electrons. The molecule has 1 aliphatic rings. The van der Waals surface area contributed by atoms with E-state index in [1.165, 1.54) is 16.5 Å². The number of benzene rings is 7. The summed E-state index contributed by atoms with van der Waals surface area (Å²) in [5.74, 6) is 0.846. The van der Waals surface area contributed by atoms with Crippen LogP contribution in [0.3, 0.4) is 0 Å². The highest BCUT2D eigenvalue weighted by Gasteiger charge is 2.28. The van der Waals surface area contributed by atoms with Gasteiger partial charge in [0, 0.05) is 21.9 Å². The number of hydrogen-bond acceptors (Lipinski definition) is 4. The molecule has 0 aliphatic carbocycles. The van der Waals surface area contributed by atoms with Crippen molar-refractivity contribution in [3.63, 3.8) is 0 Å². The molecule has 47 heavy (non-hydrogen) atoms. The van der Waals surface area contributed by atoms with Crippen LogP contribution in [0.15, 0.2) is 173 Å². The van der Waals surface area contributed by atoms with Crippen LogP contribution in [0, 0.1) is 0 Å². The summed E-state index contributed by atoms with van der Waals surface area (Å²) in [4.78, 5) is 5.22. The molecule has 4 nitrogen and oxygen atoms in total. The molecule has 2 atom stereocenters. The van der Waals surface area contributed by atoms with Gasteiger partial charge in [0.15, 0.2) is 0 Å². The van der Waals surface area contributed by atoms with Crippen LogP contribution in [0.25, 0.3) is 55.0 Å². The lowest BCUT2D eigenvalue weighted by Gasteiger charge is -2.32. The Labute approximate surface area is 273 Å². The van der Waals surface area contributed by atoms with Crippen LogP contribution in [0.5, 0.6) is 0 Å². The molecule has 8 aromatic rings. The van der Waals surface area contributed by atoms with E-state index < -0.39 is 0 Å². The minimum absolute atomic E-state index is 0.249. The molecular weight excluding hydrogens is 574 g/mol. The number of furan rings is 1. The van der Waals surface area contributed by atoms with Crippen molar-refractivity contribution >= 4 is 38.5 Å². The number of amidine groups is 1.